The Morgan fingerprint density at radius 1 is 1.36 bits per heavy atom. The molecule has 1 aromatic rings. The van der Waals surface area contributed by atoms with Gasteiger partial charge in [-0.2, -0.15) is 5.10 Å². The van der Waals surface area contributed by atoms with E-state index in [4.69, 9.17) is 5.73 Å². The number of aryl methyl sites for hydroxylation is 1. The van der Waals surface area contributed by atoms with Crippen LogP contribution in [0.3, 0.4) is 0 Å². The second-order valence-corrected chi connectivity index (χ2v) is 5.41. The van der Waals surface area contributed by atoms with E-state index in [9.17, 15) is 0 Å². The maximum atomic E-state index is 6.38. The van der Waals surface area contributed by atoms with Crippen LogP contribution in [0, 0.1) is 5.41 Å². The van der Waals surface area contributed by atoms with E-state index in [1.54, 1.807) is 0 Å². The highest BCUT2D eigenvalue weighted by atomic mass is 15.2. The number of hydrogen-bond acceptors (Lipinski definition) is 2. The summed E-state index contributed by atoms with van der Waals surface area (Å²) in [5.74, 6) is 0. The molecule has 2 aliphatic carbocycles. The van der Waals surface area contributed by atoms with Gasteiger partial charge in [0.25, 0.3) is 0 Å². The summed E-state index contributed by atoms with van der Waals surface area (Å²) in [4.78, 5) is 0. The van der Waals surface area contributed by atoms with Gasteiger partial charge in [0.2, 0.25) is 0 Å². The van der Waals surface area contributed by atoms with Crippen molar-refractivity contribution in [2.75, 3.05) is 0 Å². The summed E-state index contributed by atoms with van der Waals surface area (Å²) in [6, 6.07) is 0. The van der Waals surface area contributed by atoms with E-state index < -0.39 is 0 Å². The fourth-order valence-electron chi connectivity index (χ4n) is 2.75. The minimum absolute atomic E-state index is 0.151. The Labute approximate surface area is 84.1 Å². The third-order valence-corrected chi connectivity index (χ3v) is 4.03. The number of nitrogens with one attached hydrogen (secondary N) is 1. The van der Waals surface area contributed by atoms with Crippen molar-refractivity contribution in [2.45, 2.75) is 45.1 Å². The second kappa shape index (κ2) is 2.22. The number of fused-ring (bicyclic) bond motifs is 1. The molecule has 0 bridgehead atoms. The Kier molecular flexibility index (Phi) is 1.34. The molecular formula is C11H17N3. The zero-order valence-corrected chi connectivity index (χ0v) is 8.85. The molecule has 1 heterocycles. The molecule has 0 amide bonds. The third kappa shape index (κ3) is 0.836. The molecule has 3 N–H and O–H groups in total. The van der Waals surface area contributed by atoms with Gasteiger partial charge in [0.15, 0.2) is 0 Å². The van der Waals surface area contributed by atoms with E-state index in [0.29, 0.717) is 0 Å². The number of H-pyrrole nitrogens is 1. The lowest BCUT2D eigenvalue weighted by molar-refractivity contribution is 0.495. The molecule has 1 unspecified atom stereocenters. The predicted molar refractivity (Wildman–Crippen MR) is 54.9 cm³/mol. The van der Waals surface area contributed by atoms with Crippen LogP contribution < -0.4 is 5.73 Å². The fourth-order valence-corrected chi connectivity index (χ4v) is 2.75. The van der Waals surface area contributed by atoms with E-state index in [-0.39, 0.29) is 11.0 Å². The maximum absolute atomic E-state index is 6.38. The molecule has 1 aromatic heterocycles. The average Bonchev–Trinajstić information content (AvgIpc) is 2.52. The molecule has 1 fully saturated rings. The van der Waals surface area contributed by atoms with E-state index in [1.807, 2.05) is 0 Å². The molecule has 76 valence electrons. The van der Waals surface area contributed by atoms with Crippen LogP contribution in [0.1, 0.15) is 43.6 Å². The molecule has 3 rings (SSSR count). The Morgan fingerprint density at radius 2 is 2.07 bits per heavy atom. The van der Waals surface area contributed by atoms with Crippen LogP contribution in [-0.2, 0) is 18.4 Å². The summed E-state index contributed by atoms with van der Waals surface area (Å²) in [7, 11) is 0. The van der Waals surface area contributed by atoms with Gasteiger partial charge in [-0.25, -0.2) is 0 Å². The molecule has 2 aliphatic rings. The monoisotopic (exact) mass is 191 g/mol. The quantitative estimate of drug-likeness (QED) is 0.706. The molecule has 1 saturated carbocycles. The van der Waals surface area contributed by atoms with Gasteiger partial charge in [-0.3, -0.25) is 5.10 Å². The number of aromatic nitrogens is 2. The highest BCUT2D eigenvalue weighted by Crippen LogP contribution is 2.60. The summed E-state index contributed by atoms with van der Waals surface area (Å²) < 4.78 is 0. The normalized spacial score (nSPS) is 33.1. The smallest absolute Gasteiger partial charge is 0.0861 e. The van der Waals surface area contributed by atoms with Crippen molar-refractivity contribution in [3.8, 4) is 0 Å². The lowest BCUT2D eigenvalue weighted by atomic mass is 9.98. The molecule has 0 saturated heterocycles. The van der Waals surface area contributed by atoms with Crippen molar-refractivity contribution in [1.82, 2.24) is 10.2 Å². The van der Waals surface area contributed by atoms with Gasteiger partial charge < -0.3 is 5.73 Å². The SMILES string of the molecule is CC1(C)CC1(N)c1n[nH]c2c1CCC2. The van der Waals surface area contributed by atoms with Gasteiger partial charge in [-0.1, -0.05) is 13.8 Å². The van der Waals surface area contributed by atoms with Gasteiger partial charge in [0, 0.05) is 5.69 Å². The van der Waals surface area contributed by atoms with Crippen LogP contribution in [-0.4, -0.2) is 10.2 Å². The fraction of sp³-hybridized carbons (Fsp3) is 0.727. The van der Waals surface area contributed by atoms with Crippen molar-refractivity contribution in [3.05, 3.63) is 17.0 Å². The highest BCUT2D eigenvalue weighted by Gasteiger charge is 2.61. The van der Waals surface area contributed by atoms with Crippen molar-refractivity contribution >= 4 is 0 Å². The van der Waals surface area contributed by atoms with Gasteiger partial charge in [0.1, 0.15) is 0 Å². The molecule has 1 atom stereocenters. The first kappa shape index (κ1) is 8.48. The van der Waals surface area contributed by atoms with E-state index in [2.05, 4.69) is 24.0 Å². The minimum atomic E-state index is -0.151. The number of hydrogen-bond donors (Lipinski definition) is 2. The number of nitrogens with two attached hydrogens (primary N) is 1. The zero-order valence-electron chi connectivity index (χ0n) is 8.85. The Morgan fingerprint density at radius 3 is 2.71 bits per heavy atom. The first-order valence-corrected chi connectivity index (χ1v) is 5.40. The van der Waals surface area contributed by atoms with Crippen LogP contribution in [0.4, 0.5) is 0 Å². The summed E-state index contributed by atoms with van der Waals surface area (Å²) in [5, 5.41) is 7.56. The summed E-state index contributed by atoms with van der Waals surface area (Å²) in [6.45, 7) is 4.45. The van der Waals surface area contributed by atoms with Crippen LogP contribution in [0.15, 0.2) is 0 Å². The van der Waals surface area contributed by atoms with Crippen LogP contribution in [0.25, 0.3) is 0 Å². The Balaban J connectivity index is 2.06. The highest BCUT2D eigenvalue weighted by molar-refractivity contribution is 5.40. The molecule has 0 aromatic carbocycles. The van der Waals surface area contributed by atoms with Gasteiger partial charge in [-0.15, -0.1) is 0 Å². The average molecular weight is 191 g/mol. The topological polar surface area (TPSA) is 54.7 Å². The molecule has 0 aliphatic heterocycles. The lowest BCUT2D eigenvalue weighted by Crippen LogP contribution is -2.27. The summed E-state index contributed by atoms with van der Waals surface area (Å²) >= 11 is 0. The minimum Gasteiger partial charge on any atom is -0.320 e. The van der Waals surface area contributed by atoms with Crippen molar-refractivity contribution in [1.29, 1.82) is 0 Å². The Hall–Kier alpha value is -0.830. The molecule has 3 heteroatoms. The molecule has 3 nitrogen and oxygen atoms in total. The van der Waals surface area contributed by atoms with E-state index in [1.165, 1.54) is 17.7 Å². The molecular weight excluding hydrogens is 174 g/mol. The van der Waals surface area contributed by atoms with E-state index >= 15 is 0 Å². The van der Waals surface area contributed by atoms with Gasteiger partial charge >= 0.3 is 0 Å². The van der Waals surface area contributed by atoms with Gasteiger partial charge in [-0.05, 0) is 36.7 Å². The van der Waals surface area contributed by atoms with Crippen LogP contribution >= 0.6 is 0 Å². The number of nitrogens with zero attached hydrogens (tertiary/aromatic N) is 1. The predicted octanol–water partition coefficient (Wildman–Crippen LogP) is 1.48. The first-order valence-electron chi connectivity index (χ1n) is 5.40. The third-order valence-electron chi connectivity index (χ3n) is 4.03. The largest absolute Gasteiger partial charge is 0.320 e. The number of rotatable bonds is 1. The van der Waals surface area contributed by atoms with Gasteiger partial charge in [0.05, 0.1) is 11.2 Å². The van der Waals surface area contributed by atoms with E-state index in [0.717, 1.165) is 25.0 Å². The maximum Gasteiger partial charge on any atom is 0.0861 e. The molecule has 0 spiro atoms. The standard InChI is InChI=1S/C11H17N3/c1-10(2)6-11(10,12)9-7-4-3-5-8(7)13-14-9/h3-6,12H2,1-2H3,(H,13,14). The Bertz CT molecular complexity index is 391. The molecule has 14 heavy (non-hydrogen) atoms. The van der Waals surface area contributed by atoms with Crippen molar-refractivity contribution in [2.24, 2.45) is 11.1 Å². The lowest BCUT2D eigenvalue weighted by Gasteiger charge is -2.13. The second-order valence-electron chi connectivity index (χ2n) is 5.41. The summed E-state index contributed by atoms with van der Waals surface area (Å²) in [5.41, 5.74) is 10.4. The summed E-state index contributed by atoms with van der Waals surface area (Å²) in [6.07, 6.45) is 4.64. The first-order chi connectivity index (χ1) is 6.55. The zero-order chi connectivity index (χ0) is 9.97. The van der Waals surface area contributed by atoms with Crippen LogP contribution in [0.5, 0.6) is 0 Å². The van der Waals surface area contributed by atoms with Crippen molar-refractivity contribution < 1.29 is 0 Å². The molecule has 0 radical (unpaired) electrons. The van der Waals surface area contributed by atoms with Crippen molar-refractivity contribution in [3.63, 3.8) is 0 Å². The number of aromatic amines is 1. The van der Waals surface area contributed by atoms with Crippen LogP contribution in [0.2, 0.25) is 0 Å².